The molecule has 0 aromatic carbocycles. The summed E-state index contributed by atoms with van der Waals surface area (Å²) in [6, 6.07) is 3.30. The van der Waals surface area contributed by atoms with E-state index in [9.17, 15) is 9.18 Å². The summed E-state index contributed by atoms with van der Waals surface area (Å²) < 4.78 is 16.5. The Balaban J connectivity index is 2.51. The molecular formula is C7H7FO2S. The van der Waals surface area contributed by atoms with Crippen molar-refractivity contribution in [3.05, 3.63) is 17.0 Å². The number of halogens is 1. The molecule has 0 saturated heterocycles. The van der Waals surface area contributed by atoms with Crippen LogP contribution in [-0.4, -0.2) is 19.6 Å². The number of rotatable bonds is 4. The standard InChI is InChI=1S/C7H7FO2S/c8-3-4-10-7-2-1-6(5-9)11-7/h1-2,5H,3-4H2. The van der Waals surface area contributed by atoms with Crippen molar-refractivity contribution in [3.8, 4) is 5.06 Å². The van der Waals surface area contributed by atoms with Crippen LogP contribution in [0.3, 0.4) is 0 Å². The molecule has 0 N–H and O–H groups in total. The molecule has 4 heteroatoms. The quantitative estimate of drug-likeness (QED) is 0.652. The average molecular weight is 174 g/mol. The largest absolute Gasteiger partial charge is 0.481 e. The lowest BCUT2D eigenvalue weighted by Gasteiger charge is -1.96. The lowest BCUT2D eigenvalue weighted by atomic mass is 10.5. The highest BCUT2D eigenvalue weighted by Crippen LogP contribution is 2.22. The first-order valence-corrected chi connectivity index (χ1v) is 3.92. The van der Waals surface area contributed by atoms with Crippen LogP contribution in [0.2, 0.25) is 0 Å². The Morgan fingerprint density at radius 1 is 1.64 bits per heavy atom. The van der Waals surface area contributed by atoms with Crippen molar-refractivity contribution in [1.29, 1.82) is 0 Å². The molecule has 1 heterocycles. The number of carbonyl (C=O) groups is 1. The number of hydrogen-bond acceptors (Lipinski definition) is 3. The van der Waals surface area contributed by atoms with Gasteiger partial charge >= 0.3 is 0 Å². The van der Waals surface area contributed by atoms with Gasteiger partial charge in [-0.25, -0.2) is 4.39 Å². The predicted molar refractivity (Wildman–Crippen MR) is 41.2 cm³/mol. The summed E-state index contributed by atoms with van der Waals surface area (Å²) in [5.41, 5.74) is 0. The monoisotopic (exact) mass is 174 g/mol. The minimum Gasteiger partial charge on any atom is -0.481 e. The second-order valence-corrected chi connectivity index (χ2v) is 2.89. The van der Waals surface area contributed by atoms with E-state index in [0.29, 0.717) is 9.94 Å². The van der Waals surface area contributed by atoms with Gasteiger partial charge in [-0.15, -0.1) is 0 Å². The molecule has 0 aliphatic carbocycles. The third-order valence-corrected chi connectivity index (χ3v) is 1.96. The zero-order valence-electron chi connectivity index (χ0n) is 5.75. The Morgan fingerprint density at radius 2 is 2.45 bits per heavy atom. The van der Waals surface area contributed by atoms with Crippen LogP contribution in [0.15, 0.2) is 12.1 Å². The molecule has 0 aliphatic heterocycles. The van der Waals surface area contributed by atoms with Crippen LogP contribution in [0.4, 0.5) is 4.39 Å². The number of hydrogen-bond donors (Lipinski definition) is 0. The normalized spacial score (nSPS) is 9.55. The van der Waals surface area contributed by atoms with Gasteiger partial charge in [0.2, 0.25) is 0 Å². The van der Waals surface area contributed by atoms with Crippen LogP contribution < -0.4 is 4.74 Å². The summed E-state index contributed by atoms with van der Waals surface area (Å²) in [6.45, 7) is -0.451. The van der Waals surface area contributed by atoms with E-state index in [4.69, 9.17) is 4.74 Å². The lowest BCUT2D eigenvalue weighted by Crippen LogP contribution is -1.96. The predicted octanol–water partition coefficient (Wildman–Crippen LogP) is 1.91. The Bertz CT molecular complexity index is 234. The third kappa shape index (κ3) is 2.31. The van der Waals surface area contributed by atoms with Gasteiger partial charge < -0.3 is 4.74 Å². The van der Waals surface area contributed by atoms with Gasteiger partial charge in [-0.1, -0.05) is 11.3 Å². The number of thiophene rings is 1. The zero-order chi connectivity index (χ0) is 8.10. The van der Waals surface area contributed by atoms with E-state index in [0.717, 1.165) is 6.29 Å². The highest BCUT2D eigenvalue weighted by atomic mass is 32.1. The van der Waals surface area contributed by atoms with E-state index in [1.807, 2.05) is 0 Å². The first kappa shape index (κ1) is 8.20. The van der Waals surface area contributed by atoms with Crippen LogP contribution in [-0.2, 0) is 0 Å². The van der Waals surface area contributed by atoms with Gasteiger partial charge in [0.25, 0.3) is 0 Å². The second-order valence-electron chi connectivity index (χ2n) is 1.81. The molecule has 0 aliphatic rings. The van der Waals surface area contributed by atoms with Gasteiger partial charge in [-0.3, -0.25) is 4.79 Å². The molecule has 0 unspecified atom stereocenters. The van der Waals surface area contributed by atoms with E-state index in [1.54, 1.807) is 12.1 Å². The van der Waals surface area contributed by atoms with E-state index in [1.165, 1.54) is 11.3 Å². The van der Waals surface area contributed by atoms with Crippen LogP contribution in [0.5, 0.6) is 5.06 Å². The summed E-state index contributed by atoms with van der Waals surface area (Å²) in [7, 11) is 0. The fourth-order valence-corrected chi connectivity index (χ4v) is 1.31. The minimum absolute atomic E-state index is 0.0544. The molecule has 0 radical (unpaired) electrons. The second kappa shape index (κ2) is 4.08. The Morgan fingerprint density at radius 3 is 3.00 bits per heavy atom. The van der Waals surface area contributed by atoms with Crippen molar-refractivity contribution in [2.75, 3.05) is 13.3 Å². The topological polar surface area (TPSA) is 26.3 Å². The molecule has 60 valence electrons. The third-order valence-electron chi connectivity index (χ3n) is 1.04. The van der Waals surface area contributed by atoms with Gasteiger partial charge in [0.05, 0.1) is 4.88 Å². The maximum atomic E-state index is 11.6. The minimum atomic E-state index is -0.506. The van der Waals surface area contributed by atoms with Gasteiger partial charge in [0.15, 0.2) is 11.3 Å². The van der Waals surface area contributed by atoms with Crippen molar-refractivity contribution in [1.82, 2.24) is 0 Å². The summed E-state index contributed by atoms with van der Waals surface area (Å²) in [5.74, 6) is 0. The van der Waals surface area contributed by atoms with Crippen molar-refractivity contribution in [2.45, 2.75) is 0 Å². The molecule has 0 spiro atoms. The smallest absolute Gasteiger partial charge is 0.174 e. The SMILES string of the molecule is O=Cc1ccc(OCCF)s1. The Labute approximate surface area is 67.6 Å². The van der Waals surface area contributed by atoms with Crippen LogP contribution in [0.1, 0.15) is 9.67 Å². The first-order chi connectivity index (χ1) is 5.36. The van der Waals surface area contributed by atoms with Crippen molar-refractivity contribution in [2.24, 2.45) is 0 Å². The summed E-state index contributed by atoms with van der Waals surface area (Å²) in [6.07, 6.45) is 0.743. The average Bonchev–Trinajstić information content (AvgIpc) is 2.48. The molecule has 0 fully saturated rings. The van der Waals surface area contributed by atoms with Gasteiger partial charge in [-0.2, -0.15) is 0 Å². The van der Waals surface area contributed by atoms with Crippen molar-refractivity contribution >= 4 is 17.6 Å². The molecule has 0 amide bonds. The number of ether oxygens (including phenoxy) is 1. The number of alkyl halides is 1. The number of carbonyl (C=O) groups excluding carboxylic acids is 1. The van der Waals surface area contributed by atoms with Crippen LogP contribution in [0, 0.1) is 0 Å². The summed E-state index contributed by atoms with van der Waals surface area (Å²) in [4.78, 5) is 10.8. The van der Waals surface area contributed by atoms with Gasteiger partial charge in [0, 0.05) is 0 Å². The van der Waals surface area contributed by atoms with E-state index >= 15 is 0 Å². The van der Waals surface area contributed by atoms with Crippen LogP contribution >= 0.6 is 11.3 Å². The molecule has 11 heavy (non-hydrogen) atoms. The molecule has 1 aromatic rings. The Hall–Kier alpha value is -0.900. The highest BCUT2D eigenvalue weighted by molar-refractivity contribution is 7.15. The van der Waals surface area contributed by atoms with Crippen molar-refractivity contribution < 1.29 is 13.9 Å². The zero-order valence-corrected chi connectivity index (χ0v) is 6.57. The molecule has 0 atom stereocenters. The number of aldehydes is 1. The lowest BCUT2D eigenvalue weighted by molar-refractivity contribution is 0.112. The maximum absolute atomic E-state index is 11.6. The van der Waals surface area contributed by atoms with Crippen molar-refractivity contribution in [3.63, 3.8) is 0 Å². The van der Waals surface area contributed by atoms with Gasteiger partial charge in [0.1, 0.15) is 13.3 Å². The molecular weight excluding hydrogens is 167 g/mol. The molecule has 2 nitrogen and oxygen atoms in total. The Kier molecular flexibility index (Phi) is 3.04. The first-order valence-electron chi connectivity index (χ1n) is 3.10. The maximum Gasteiger partial charge on any atom is 0.174 e. The molecule has 0 bridgehead atoms. The van der Waals surface area contributed by atoms with Crippen LogP contribution in [0.25, 0.3) is 0 Å². The van der Waals surface area contributed by atoms with E-state index in [-0.39, 0.29) is 6.61 Å². The van der Waals surface area contributed by atoms with E-state index in [2.05, 4.69) is 0 Å². The summed E-state index contributed by atoms with van der Waals surface area (Å²) in [5, 5.41) is 0.588. The van der Waals surface area contributed by atoms with E-state index < -0.39 is 6.67 Å². The van der Waals surface area contributed by atoms with Gasteiger partial charge in [-0.05, 0) is 12.1 Å². The fraction of sp³-hybridized carbons (Fsp3) is 0.286. The highest BCUT2D eigenvalue weighted by Gasteiger charge is 1.98. The summed E-state index contributed by atoms with van der Waals surface area (Å²) >= 11 is 1.22. The molecule has 1 aromatic heterocycles. The fourth-order valence-electron chi connectivity index (χ4n) is 0.614. The molecule has 0 saturated carbocycles. The molecule has 1 rings (SSSR count).